The highest BCUT2D eigenvalue weighted by molar-refractivity contribution is 14.1. The molecule has 3 nitrogen and oxygen atoms in total. The summed E-state index contributed by atoms with van der Waals surface area (Å²) in [6, 6.07) is 8.04. The second kappa shape index (κ2) is 5.82. The van der Waals surface area contributed by atoms with Crippen molar-refractivity contribution in [2.45, 2.75) is 31.7 Å². The first-order valence-corrected chi connectivity index (χ1v) is 7.05. The van der Waals surface area contributed by atoms with E-state index >= 15 is 0 Å². The molecule has 1 aliphatic rings. The van der Waals surface area contributed by atoms with E-state index in [1.807, 2.05) is 24.3 Å². The van der Waals surface area contributed by atoms with Crippen LogP contribution in [-0.4, -0.2) is 11.9 Å². The predicted octanol–water partition coefficient (Wildman–Crippen LogP) is 2.75. The Morgan fingerprint density at radius 1 is 1.41 bits per heavy atom. The largest absolute Gasteiger partial charge is 0.328 e. The van der Waals surface area contributed by atoms with E-state index in [4.69, 9.17) is 5.73 Å². The summed E-state index contributed by atoms with van der Waals surface area (Å²) in [6.45, 7) is 0. The van der Waals surface area contributed by atoms with Gasteiger partial charge in [-0.05, 0) is 60.1 Å². The molecule has 2 unspecified atom stereocenters. The Hall–Kier alpha value is -0.620. The van der Waals surface area contributed by atoms with Crippen molar-refractivity contribution in [2.75, 3.05) is 5.32 Å². The van der Waals surface area contributed by atoms with Gasteiger partial charge >= 0.3 is 0 Å². The SMILES string of the molecule is NC1CCCC(C(=O)Nc2cccc(I)c2)C1. The summed E-state index contributed by atoms with van der Waals surface area (Å²) in [7, 11) is 0. The normalized spacial score (nSPS) is 24.4. The lowest BCUT2D eigenvalue weighted by Gasteiger charge is -2.25. The third kappa shape index (κ3) is 3.67. The van der Waals surface area contributed by atoms with E-state index < -0.39 is 0 Å². The number of halogens is 1. The Bertz CT molecular complexity index is 408. The number of hydrogen-bond acceptors (Lipinski definition) is 2. The zero-order valence-electron chi connectivity index (χ0n) is 9.66. The van der Waals surface area contributed by atoms with Crippen molar-refractivity contribution < 1.29 is 4.79 Å². The van der Waals surface area contributed by atoms with E-state index in [1.165, 1.54) is 0 Å². The minimum absolute atomic E-state index is 0.0802. The first kappa shape index (κ1) is 12.8. The third-order valence-corrected chi connectivity index (χ3v) is 3.85. The van der Waals surface area contributed by atoms with Crippen LogP contribution in [0.5, 0.6) is 0 Å². The maximum atomic E-state index is 12.1. The van der Waals surface area contributed by atoms with Crippen molar-refractivity contribution in [3.63, 3.8) is 0 Å². The van der Waals surface area contributed by atoms with Gasteiger partial charge in [0.1, 0.15) is 0 Å². The quantitative estimate of drug-likeness (QED) is 0.811. The van der Waals surface area contributed by atoms with Gasteiger partial charge in [0.05, 0.1) is 0 Å². The fraction of sp³-hybridized carbons (Fsp3) is 0.462. The first-order chi connectivity index (χ1) is 8.15. The van der Waals surface area contributed by atoms with Crippen LogP contribution in [0.25, 0.3) is 0 Å². The molecule has 4 heteroatoms. The summed E-state index contributed by atoms with van der Waals surface area (Å²) < 4.78 is 1.13. The minimum atomic E-state index is 0.0802. The van der Waals surface area contributed by atoms with Crippen LogP contribution in [0.2, 0.25) is 0 Å². The summed E-state index contributed by atoms with van der Waals surface area (Å²) in [4.78, 5) is 12.1. The van der Waals surface area contributed by atoms with E-state index in [0.717, 1.165) is 34.9 Å². The molecule has 0 heterocycles. The van der Waals surface area contributed by atoms with Crippen molar-refractivity contribution in [2.24, 2.45) is 11.7 Å². The number of rotatable bonds is 2. The maximum Gasteiger partial charge on any atom is 0.227 e. The number of nitrogens with one attached hydrogen (secondary N) is 1. The Balaban J connectivity index is 1.96. The van der Waals surface area contributed by atoms with Gasteiger partial charge in [-0.15, -0.1) is 0 Å². The number of carbonyl (C=O) groups excluding carboxylic acids is 1. The van der Waals surface area contributed by atoms with E-state index in [2.05, 4.69) is 27.9 Å². The van der Waals surface area contributed by atoms with E-state index in [0.29, 0.717) is 0 Å². The topological polar surface area (TPSA) is 55.1 Å². The molecule has 1 aromatic rings. The number of amides is 1. The van der Waals surface area contributed by atoms with Gasteiger partial charge in [-0.3, -0.25) is 4.79 Å². The van der Waals surface area contributed by atoms with Crippen LogP contribution in [0.3, 0.4) is 0 Å². The molecule has 0 aliphatic heterocycles. The average molecular weight is 344 g/mol. The zero-order chi connectivity index (χ0) is 12.3. The standard InChI is InChI=1S/C13H17IN2O/c14-10-4-2-6-12(8-10)16-13(17)9-3-1-5-11(15)7-9/h2,4,6,8-9,11H,1,3,5,7,15H2,(H,16,17). The smallest absolute Gasteiger partial charge is 0.227 e. The fourth-order valence-corrected chi connectivity index (χ4v) is 2.82. The van der Waals surface area contributed by atoms with Gasteiger partial charge in [0.15, 0.2) is 0 Å². The molecular weight excluding hydrogens is 327 g/mol. The molecule has 1 saturated carbocycles. The van der Waals surface area contributed by atoms with E-state index in [1.54, 1.807) is 0 Å². The second-order valence-electron chi connectivity index (χ2n) is 4.62. The summed E-state index contributed by atoms with van der Waals surface area (Å²) in [5.41, 5.74) is 6.78. The molecule has 17 heavy (non-hydrogen) atoms. The Morgan fingerprint density at radius 3 is 2.94 bits per heavy atom. The Kier molecular flexibility index (Phi) is 4.39. The molecule has 0 aromatic heterocycles. The Morgan fingerprint density at radius 2 is 2.24 bits per heavy atom. The number of benzene rings is 1. The minimum Gasteiger partial charge on any atom is -0.328 e. The molecule has 2 rings (SSSR count). The molecule has 0 spiro atoms. The lowest BCUT2D eigenvalue weighted by molar-refractivity contribution is -0.120. The molecule has 0 saturated heterocycles. The summed E-state index contributed by atoms with van der Waals surface area (Å²) in [6.07, 6.45) is 3.89. The lowest BCUT2D eigenvalue weighted by atomic mass is 9.85. The van der Waals surface area contributed by atoms with Crippen LogP contribution in [0.15, 0.2) is 24.3 Å². The van der Waals surface area contributed by atoms with Gasteiger partial charge in [-0.25, -0.2) is 0 Å². The Labute approximate surface area is 115 Å². The molecule has 0 radical (unpaired) electrons. The monoisotopic (exact) mass is 344 g/mol. The van der Waals surface area contributed by atoms with Gasteiger partial charge < -0.3 is 11.1 Å². The molecule has 2 atom stereocenters. The molecule has 1 fully saturated rings. The highest BCUT2D eigenvalue weighted by Gasteiger charge is 2.25. The maximum absolute atomic E-state index is 12.1. The lowest BCUT2D eigenvalue weighted by Crippen LogP contribution is -2.34. The average Bonchev–Trinajstić information content (AvgIpc) is 2.29. The van der Waals surface area contributed by atoms with E-state index in [-0.39, 0.29) is 17.9 Å². The van der Waals surface area contributed by atoms with Crippen LogP contribution in [0.1, 0.15) is 25.7 Å². The molecule has 1 aliphatic carbocycles. The summed E-state index contributed by atoms with van der Waals surface area (Å²) in [5, 5.41) is 2.97. The van der Waals surface area contributed by atoms with Crippen molar-refractivity contribution in [1.29, 1.82) is 0 Å². The number of anilines is 1. The van der Waals surface area contributed by atoms with Crippen molar-refractivity contribution in [3.8, 4) is 0 Å². The van der Waals surface area contributed by atoms with Crippen LogP contribution in [-0.2, 0) is 4.79 Å². The highest BCUT2D eigenvalue weighted by Crippen LogP contribution is 2.24. The fourth-order valence-electron chi connectivity index (χ4n) is 2.28. The molecule has 1 aromatic carbocycles. The van der Waals surface area contributed by atoms with Gasteiger partial charge in [0.25, 0.3) is 0 Å². The van der Waals surface area contributed by atoms with Crippen LogP contribution < -0.4 is 11.1 Å². The summed E-state index contributed by atoms with van der Waals surface area (Å²) in [5.74, 6) is 0.193. The molecule has 3 N–H and O–H groups in total. The van der Waals surface area contributed by atoms with Gasteiger partial charge in [0, 0.05) is 21.2 Å². The number of carbonyl (C=O) groups is 1. The first-order valence-electron chi connectivity index (χ1n) is 5.97. The predicted molar refractivity (Wildman–Crippen MR) is 77.7 cm³/mol. The van der Waals surface area contributed by atoms with Crippen LogP contribution >= 0.6 is 22.6 Å². The number of nitrogens with two attached hydrogens (primary N) is 1. The third-order valence-electron chi connectivity index (χ3n) is 3.18. The molecular formula is C13H17IN2O. The van der Waals surface area contributed by atoms with E-state index in [9.17, 15) is 4.79 Å². The van der Waals surface area contributed by atoms with Crippen LogP contribution in [0, 0.1) is 9.49 Å². The van der Waals surface area contributed by atoms with Crippen LogP contribution in [0.4, 0.5) is 5.69 Å². The molecule has 0 bridgehead atoms. The molecule has 1 amide bonds. The van der Waals surface area contributed by atoms with Gasteiger partial charge in [-0.1, -0.05) is 12.5 Å². The van der Waals surface area contributed by atoms with Crippen molar-refractivity contribution in [1.82, 2.24) is 0 Å². The number of hydrogen-bond donors (Lipinski definition) is 2. The highest BCUT2D eigenvalue weighted by atomic mass is 127. The van der Waals surface area contributed by atoms with Crippen molar-refractivity contribution in [3.05, 3.63) is 27.8 Å². The second-order valence-corrected chi connectivity index (χ2v) is 5.87. The van der Waals surface area contributed by atoms with Crippen molar-refractivity contribution >= 4 is 34.2 Å². The van der Waals surface area contributed by atoms with Gasteiger partial charge in [-0.2, -0.15) is 0 Å². The molecule has 92 valence electrons. The zero-order valence-corrected chi connectivity index (χ0v) is 11.8. The summed E-state index contributed by atoms with van der Waals surface area (Å²) >= 11 is 2.24. The van der Waals surface area contributed by atoms with Gasteiger partial charge in [0.2, 0.25) is 5.91 Å².